The van der Waals surface area contributed by atoms with Crippen molar-refractivity contribution in [3.63, 3.8) is 0 Å². The zero-order chi connectivity index (χ0) is 13.0. The van der Waals surface area contributed by atoms with Crippen molar-refractivity contribution in [1.29, 1.82) is 0 Å². The second-order valence-corrected chi connectivity index (χ2v) is 4.75. The third-order valence-electron chi connectivity index (χ3n) is 3.46. The van der Waals surface area contributed by atoms with Crippen molar-refractivity contribution >= 4 is 5.97 Å². The number of ether oxygens (including phenoxy) is 1. The summed E-state index contributed by atoms with van der Waals surface area (Å²) in [6, 6.07) is 0. The largest absolute Gasteiger partial charge is 0.481 e. The van der Waals surface area contributed by atoms with E-state index >= 15 is 0 Å². The average molecular weight is 254 g/mol. The molecular formula is C12H18N2O4. The van der Waals surface area contributed by atoms with Crippen LogP contribution in [0.3, 0.4) is 0 Å². The van der Waals surface area contributed by atoms with Crippen LogP contribution in [-0.4, -0.2) is 34.0 Å². The highest BCUT2D eigenvalue weighted by Crippen LogP contribution is 2.37. The Bertz CT molecular complexity index is 406. The van der Waals surface area contributed by atoms with E-state index in [-0.39, 0.29) is 12.0 Å². The van der Waals surface area contributed by atoms with Crippen LogP contribution in [0.4, 0.5) is 0 Å². The maximum Gasteiger partial charge on any atom is 0.303 e. The predicted molar refractivity (Wildman–Crippen MR) is 62.2 cm³/mol. The molecule has 6 heteroatoms. The maximum atomic E-state index is 10.4. The lowest BCUT2D eigenvalue weighted by Crippen LogP contribution is -2.41. The third kappa shape index (κ3) is 3.07. The number of rotatable bonds is 7. The molecule has 0 aromatic carbocycles. The molecule has 0 unspecified atom stereocenters. The van der Waals surface area contributed by atoms with Gasteiger partial charge in [0.15, 0.2) is 0 Å². The van der Waals surface area contributed by atoms with E-state index in [4.69, 9.17) is 14.3 Å². The normalized spacial score (nSPS) is 17.4. The number of carbonyl (C=O) groups is 1. The number of methoxy groups -OCH3 is 1. The van der Waals surface area contributed by atoms with Crippen LogP contribution >= 0.6 is 0 Å². The Morgan fingerprint density at radius 1 is 1.44 bits per heavy atom. The first-order valence-corrected chi connectivity index (χ1v) is 6.22. The molecule has 100 valence electrons. The molecule has 1 N–H and O–H groups in total. The van der Waals surface area contributed by atoms with E-state index < -0.39 is 5.97 Å². The van der Waals surface area contributed by atoms with Crippen LogP contribution in [0, 0.1) is 0 Å². The first-order chi connectivity index (χ1) is 8.63. The molecule has 18 heavy (non-hydrogen) atoms. The van der Waals surface area contributed by atoms with Crippen molar-refractivity contribution < 1.29 is 19.1 Å². The van der Waals surface area contributed by atoms with E-state index in [9.17, 15) is 4.79 Å². The summed E-state index contributed by atoms with van der Waals surface area (Å²) in [4.78, 5) is 10.4. The van der Waals surface area contributed by atoms with Gasteiger partial charge in [0.25, 0.3) is 0 Å². The smallest absolute Gasteiger partial charge is 0.303 e. The second kappa shape index (κ2) is 5.48. The van der Waals surface area contributed by atoms with Crippen molar-refractivity contribution in [2.75, 3.05) is 7.11 Å². The summed E-state index contributed by atoms with van der Waals surface area (Å²) in [5.41, 5.74) is -0.120. The summed E-state index contributed by atoms with van der Waals surface area (Å²) in [5.74, 6) is 0.293. The SMILES string of the molecule is COC1(Cc2nnc(CCCC(=O)O)o2)CCC1. The van der Waals surface area contributed by atoms with E-state index in [2.05, 4.69) is 10.2 Å². The molecule has 2 rings (SSSR count). The Morgan fingerprint density at radius 3 is 2.72 bits per heavy atom. The molecule has 6 nitrogen and oxygen atoms in total. The lowest BCUT2D eigenvalue weighted by Gasteiger charge is -2.39. The summed E-state index contributed by atoms with van der Waals surface area (Å²) in [5, 5.41) is 16.4. The fraction of sp³-hybridized carbons (Fsp3) is 0.750. The molecule has 0 atom stereocenters. The molecule has 1 fully saturated rings. The van der Waals surface area contributed by atoms with Crippen molar-refractivity contribution in [3.05, 3.63) is 11.8 Å². The molecule has 1 aliphatic carbocycles. The highest BCUT2D eigenvalue weighted by Gasteiger charge is 2.38. The molecule has 0 aliphatic heterocycles. The fourth-order valence-corrected chi connectivity index (χ4v) is 2.15. The first kappa shape index (κ1) is 13.0. The topological polar surface area (TPSA) is 85.5 Å². The summed E-state index contributed by atoms with van der Waals surface area (Å²) in [6.45, 7) is 0. The fourth-order valence-electron chi connectivity index (χ4n) is 2.15. The van der Waals surface area contributed by atoms with Gasteiger partial charge in [-0.2, -0.15) is 0 Å². The number of carboxylic acids is 1. The van der Waals surface area contributed by atoms with Gasteiger partial charge in [0.05, 0.1) is 12.0 Å². The lowest BCUT2D eigenvalue weighted by molar-refractivity contribution is -0.137. The zero-order valence-electron chi connectivity index (χ0n) is 10.5. The highest BCUT2D eigenvalue weighted by molar-refractivity contribution is 5.66. The summed E-state index contributed by atoms with van der Waals surface area (Å²) in [6.07, 6.45) is 5.04. The maximum absolute atomic E-state index is 10.4. The molecule has 1 heterocycles. The van der Waals surface area contributed by atoms with Crippen molar-refractivity contribution in [2.24, 2.45) is 0 Å². The van der Waals surface area contributed by atoms with Gasteiger partial charge >= 0.3 is 5.97 Å². The van der Waals surface area contributed by atoms with Gasteiger partial charge in [-0.1, -0.05) is 0 Å². The van der Waals surface area contributed by atoms with Gasteiger partial charge in [0.2, 0.25) is 11.8 Å². The van der Waals surface area contributed by atoms with Crippen LogP contribution in [0.15, 0.2) is 4.42 Å². The van der Waals surface area contributed by atoms with Crippen molar-refractivity contribution in [2.45, 2.75) is 50.5 Å². The summed E-state index contributed by atoms with van der Waals surface area (Å²) < 4.78 is 11.0. The number of aromatic nitrogens is 2. The van der Waals surface area contributed by atoms with Gasteiger partial charge < -0.3 is 14.3 Å². The molecule has 1 aromatic rings. The average Bonchev–Trinajstić information content (AvgIpc) is 2.71. The molecule has 0 amide bonds. The number of aliphatic carboxylic acids is 1. The standard InChI is InChI=1S/C12H18N2O4/c1-17-12(6-3-7-12)8-10-14-13-9(18-10)4-2-5-11(15)16/h2-8H2,1H3,(H,15,16). The molecular weight excluding hydrogens is 236 g/mol. The minimum atomic E-state index is -0.803. The lowest BCUT2D eigenvalue weighted by atomic mass is 9.77. The number of aryl methyl sites for hydroxylation is 1. The van der Waals surface area contributed by atoms with Gasteiger partial charge in [-0.05, 0) is 25.7 Å². The van der Waals surface area contributed by atoms with E-state index in [0.29, 0.717) is 31.0 Å². The zero-order valence-corrected chi connectivity index (χ0v) is 10.5. The molecule has 0 spiro atoms. The van der Waals surface area contributed by atoms with Crippen LogP contribution in [0.2, 0.25) is 0 Å². The Balaban J connectivity index is 1.84. The van der Waals surface area contributed by atoms with Gasteiger partial charge in [-0.25, -0.2) is 0 Å². The predicted octanol–water partition coefficient (Wildman–Crippen LogP) is 1.59. The molecule has 1 saturated carbocycles. The molecule has 0 radical (unpaired) electrons. The number of carboxylic acid groups (broad SMARTS) is 1. The van der Waals surface area contributed by atoms with E-state index in [0.717, 1.165) is 12.8 Å². The molecule has 1 aliphatic rings. The van der Waals surface area contributed by atoms with Crippen LogP contribution in [0.5, 0.6) is 0 Å². The van der Waals surface area contributed by atoms with Gasteiger partial charge in [-0.15, -0.1) is 10.2 Å². The van der Waals surface area contributed by atoms with Crippen LogP contribution < -0.4 is 0 Å². The minimum absolute atomic E-state index is 0.120. The summed E-state index contributed by atoms with van der Waals surface area (Å²) >= 11 is 0. The Morgan fingerprint density at radius 2 is 2.17 bits per heavy atom. The Hall–Kier alpha value is -1.43. The third-order valence-corrected chi connectivity index (χ3v) is 3.46. The second-order valence-electron chi connectivity index (χ2n) is 4.75. The quantitative estimate of drug-likeness (QED) is 0.795. The van der Waals surface area contributed by atoms with Crippen LogP contribution in [0.1, 0.15) is 43.9 Å². The Labute approximate surface area is 105 Å². The van der Waals surface area contributed by atoms with Gasteiger partial charge in [0, 0.05) is 20.0 Å². The number of hydrogen-bond donors (Lipinski definition) is 1. The van der Waals surface area contributed by atoms with Crippen molar-refractivity contribution in [1.82, 2.24) is 10.2 Å². The molecule has 0 saturated heterocycles. The van der Waals surface area contributed by atoms with E-state index in [1.165, 1.54) is 6.42 Å². The van der Waals surface area contributed by atoms with Crippen LogP contribution in [0.25, 0.3) is 0 Å². The van der Waals surface area contributed by atoms with Gasteiger partial charge in [0.1, 0.15) is 0 Å². The van der Waals surface area contributed by atoms with Gasteiger partial charge in [-0.3, -0.25) is 4.79 Å². The van der Waals surface area contributed by atoms with E-state index in [1.54, 1.807) is 7.11 Å². The molecule has 0 bridgehead atoms. The van der Waals surface area contributed by atoms with Crippen LogP contribution in [-0.2, 0) is 22.4 Å². The first-order valence-electron chi connectivity index (χ1n) is 6.22. The highest BCUT2D eigenvalue weighted by atomic mass is 16.5. The number of hydrogen-bond acceptors (Lipinski definition) is 5. The van der Waals surface area contributed by atoms with E-state index in [1.807, 2.05) is 0 Å². The molecule has 1 aromatic heterocycles. The minimum Gasteiger partial charge on any atom is -0.481 e. The number of nitrogens with zero attached hydrogens (tertiary/aromatic N) is 2. The monoisotopic (exact) mass is 254 g/mol. The summed E-state index contributed by atoms with van der Waals surface area (Å²) in [7, 11) is 1.71. The Kier molecular flexibility index (Phi) is 3.96. The van der Waals surface area contributed by atoms with Crippen molar-refractivity contribution in [3.8, 4) is 0 Å².